The van der Waals surface area contributed by atoms with Gasteiger partial charge in [0, 0.05) is 10.9 Å². The maximum Gasteiger partial charge on any atom is 0.357 e. The molecule has 0 N–H and O–H groups in total. The van der Waals surface area contributed by atoms with Crippen molar-refractivity contribution in [1.29, 1.82) is 0 Å². The van der Waals surface area contributed by atoms with Crippen LogP contribution in [0.4, 0.5) is 0 Å². The van der Waals surface area contributed by atoms with Crippen LogP contribution in [0.25, 0.3) is 10.6 Å². The largest absolute Gasteiger partial charge is 0.497 e. The van der Waals surface area contributed by atoms with Gasteiger partial charge < -0.3 is 14.2 Å². The van der Waals surface area contributed by atoms with Crippen molar-refractivity contribution in [2.75, 3.05) is 14.2 Å². The molecular weight excluding hydrogens is 338 g/mol. The van der Waals surface area contributed by atoms with Crippen molar-refractivity contribution in [2.45, 2.75) is 6.61 Å². The van der Waals surface area contributed by atoms with Gasteiger partial charge in [0.05, 0.1) is 14.2 Å². The van der Waals surface area contributed by atoms with Crippen LogP contribution >= 0.6 is 11.3 Å². The lowest BCUT2D eigenvalue weighted by Gasteiger charge is -2.08. The summed E-state index contributed by atoms with van der Waals surface area (Å²) in [6.07, 6.45) is 0. The summed E-state index contributed by atoms with van der Waals surface area (Å²) >= 11 is 1.39. The summed E-state index contributed by atoms with van der Waals surface area (Å²) in [4.78, 5) is 15.8. The van der Waals surface area contributed by atoms with E-state index in [1.54, 1.807) is 12.5 Å². The lowest BCUT2D eigenvalue weighted by molar-refractivity contribution is 0.0595. The van der Waals surface area contributed by atoms with E-state index in [0.717, 1.165) is 27.6 Å². The van der Waals surface area contributed by atoms with Crippen LogP contribution in [0.5, 0.6) is 11.5 Å². The Morgan fingerprint density at radius 1 is 1.08 bits per heavy atom. The number of esters is 1. The lowest BCUT2D eigenvalue weighted by Crippen LogP contribution is -2.01. The first-order valence-electron chi connectivity index (χ1n) is 7.59. The first kappa shape index (κ1) is 17.0. The molecule has 0 aliphatic carbocycles. The highest BCUT2D eigenvalue weighted by Gasteiger charge is 2.12. The molecule has 3 aromatic rings. The molecule has 128 valence electrons. The first-order valence-corrected chi connectivity index (χ1v) is 8.47. The maximum atomic E-state index is 11.5. The second-order valence-corrected chi connectivity index (χ2v) is 6.05. The van der Waals surface area contributed by atoms with Crippen LogP contribution < -0.4 is 9.47 Å². The number of hydrogen-bond acceptors (Lipinski definition) is 6. The summed E-state index contributed by atoms with van der Waals surface area (Å²) in [5, 5.41) is 2.43. The van der Waals surface area contributed by atoms with Crippen LogP contribution in [-0.4, -0.2) is 25.2 Å². The molecule has 3 rings (SSSR count). The third-order valence-corrected chi connectivity index (χ3v) is 4.44. The number of benzene rings is 2. The molecule has 5 nitrogen and oxygen atoms in total. The molecule has 0 aliphatic rings. The van der Waals surface area contributed by atoms with Crippen LogP contribution in [0.2, 0.25) is 0 Å². The van der Waals surface area contributed by atoms with Crippen molar-refractivity contribution in [3.05, 3.63) is 65.2 Å². The van der Waals surface area contributed by atoms with E-state index in [4.69, 9.17) is 9.47 Å². The third kappa shape index (κ3) is 4.16. The molecule has 6 heteroatoms. The molecule has 0 fully saturated rings. The van der Waals surface area contributed by atoms with Crippen LogP contribution in [0, 0.1) is 0 Å². The summed E-state index contributed by atoms with van der Waals surface area (Å²) < 4.78 is 15.7. The fourth-order valence-corrected chi connectivity index (χ4v) is 3.00. The van der Waals surface area contributed by atoms with Gasteiger partial charge in [-0.15, -0.1) is 11.3 Å². The molecule has 0 unspecified atom stereocenters. The molecule has 0 bridgehead atoms. The van der Waals surface area contributed by atoms with E-state index in [2.05, 4.69) is 9.72 Å². The number of rotatable bonds is 6. The van der Waals surface area contributed by atoms with Crippen molar-refractivity contribution >= 4 is 17.3 Å². The van der Waals surface area contributed by atoms with Crippen LogP contribution in [0.1, 0.15) is 16.1 Å². The predicted octanol–water partition coefficient (Wildman–Crippen LogP) is 4.18. The lowest BCUT2D eigenvalue weighted by atomic mass is 10.2. The smallest absolute Gasteiger partial charge is 0.357 e. The number of ether oxygens (including phenoxy) is 3. The number of nitrogens with zero attached hydrogens (tertiary/aromatic N) is 1. The topological polar surface area (TPSA) is 57.7 Å². The van der Waals surface area contributed by atoms with E-state index in [1.807, 2.05) is 48.5 Å². The van der Waals surface area contributed by atoms with Crippen molar-refractivity contribution in [3.8, 4) is 22.1 Å². The number of methoxy groups -OCH3 is 2. The van der Waals surface area contributed by atoms with Gasteiger partial charge in [0.25, 0.3) is 0 Å². The molecule has 0 amide bonds. The summed E-state index contributed by atoms with van der Waals surface area (Å²) in [6.45, 7) is 0.457. The number of aromatic nitrogens is 1. The average molecular weight is 355 g/mol. The molecule has 0 spiro atoms. The fourth-order valence-electron chi connectivity index (χ4n) is 2.21. The molecule has 0 saturated heterocycles. The van der Waals surface area contributed by atoms with Gasteiger partial charge in [-0.25, -0.2) is 9.78 Å². The van der Waals surface area contributed by atoms with Gasteiger partial charge in [-0.3, -0.25) is 0 Å². The Kier molecular flexibility index (Phi) is 5.30. The Labute approximate surface area is 149 Å². The number of hydrogen-bond donors (Lipinski definition) is 0. The fraction of sp³-hybridized carbons (Fsp3) is 0.158. The minimum absolute atomic E-state index is 0.312. The number of thiazole rings is 1. The van der Waals surface area contributed by atoms with Gasteiger partial charge in [-0.05, 0) is 29.8 Å². The highest BCUT2D eigenvalue weighted by atomic mass is 32.1. The average Bonchev–Trinajstić information content (AvgIpc) is 3.16. The van der Waals surface area contributed by atoms with Gasteiger partial charge in [-0.1, -0.05) is 24.3 Å². The maximum absolute atomic E-state index is 11.5. The Morgan fingerprint density at radius 3 is 2.60 bits per heavy atom. The summed E-state index contributed by atoms with van der Waals surface area (Å²) in [7, 11) is 2.98. The first-order chi connectivity index (χ1) is 12.2. The quantitative estimate of drug-likeness (QED) is 0.621. The van der Waals surface area contributed by atoms with Gasteiger partial charge in [0.15, 0.2) is 5.69 Å². The third-order valence-electron chi connectivity index (χ3n) is 3.54. The van der Waals surface area contributed by atoms with E-state index in [1.165, 1.54) is 18.4 Å². The normalized spacial score (nSPS) is 10.3. The SMILES string of the molecule is COC(=O)c1csc(-c2cccc(OCc3ccc(OC)cc3)c2)n1. The van der Waals surface area contributed by atoms with Gasteiger partial charge in [0.2, 0.25) is 0 Å². The van der Waals surface area contributed by atoms with Crippen LogP contribution in [0.15, 0.2) is 53.9 Å². The summed E-state index contributed by atoms with van der Waals surface area (Å²) in [6, 6.07) is 15.4. The van der Waals surface area contributed by atoms with E-state index < -0.39 is 5.97 Å². The van der Waals surface area contributed by atoms with Crippen LogP contribution in [-0.2, 0) is 11.3 Å². The van der Waals surface area contributed by atoms with Crippen molar-refractivity contribution in [1.82, 2.24) is 4.98 Å². The molecule has 0 atom stereocenters. The van der Waals surface area contributed by atoms with E-state index in [9.17, 15) is 4.79 Å². The Hall–Kier alpha value is -2.86. The molecule has 0 radical (unpaired) electrons. The second kappa shape index (κ2) is 7.81. The van der Waals surface area contributed by atoms with E-state index >= 15 is 0 Å². The van der Waals surface area contributed by atoms with E-state index in [0.29, 0.717) is 12.3 Å². The van der Waals surface area contributed by atoms with Crippen molar-refractivity contribution < 1.29 is 19.0 Å². The Bertz CT molecular complexity index is 858. The van der Waals surface area contributed by atoms with Gasteiger partial charge in [-0.2, -0.15) is 0 Å². The minimum atomic E-state index is -0.436. The molecule has 1 heterocycles. The standard InChI is InChI=1S/C19H17NO4S/c1-22-15-8-6-13(7-9-15)11-24-16-5-3-4-14(10-16)18-20-17(12-25-18)19(21)23-2/h3-10,12H,11H2,1-2H3. The zero-order valence-corrected chi connectivity index (χ0v) is 14.7. The summed E-state index contributed by atoms with van der Waals surface area (Å²) in [5.74, 6) is 1.12. The highest BCUT2D eigenvalue weighted by molar-refractivity contribution is 7.13. The zero-order chi connectivity index (χ0) is 17.6. The molecule has 25 heavy (non-hydrogen) atoms. The van der Waals surface area contributed by atoms with Crippen molar-refractivity contribution in [3.63, 3.8) is 0 Å². The van der Waals surface area contributed by atoms with Gasteiger partial charge >= 0.3 is 5.97 Å². The molecule has 0 aliphatic heterocycles. The monoisotopic (exact) mass is 355 g/mol. The zero-order valence-electron chi connectivity index (χ0n) is 13.9. The molecular formula is C19H17NO4S. The Balaban J connectivity index is 1.70. The summed E-state index contributed by atoms with van der Waals surface area (Å²) in [5.41, 5.74) is 2.26. The predicted molar refractivity (Wildman–Crippen MR) is 96.2 cm³/mol. The minimum Gasteiger partial charge on any atom is -0.497 e. The van der Waals surface area contributed by atoms with E-state index in [-0.39, 0.29) is 0 Å². The second-order valence-electron chi connectivity index (χ2n) is 5.19. The Morgan fingerprint density at radius 2 is 1.88 bits per heavy atom. The molecule has 1 aromatic heterocycles. The number of carbonyl (C=O) groups excluding carboxylic acids is 1. The van der Waals surface area contributed by atoms with Crippen LogP contribution in [0.3, 0.4) is 0 Å². The van der Waals surface area contributed by atoms with Gasteiger partial charge in [0.1, 0.15) is 23.1 Å². The highest BCUT2D eigenvalue weighted by Crippen LogP contribution is 2.27. The number of carbonyl (C=O) groups is 1. The molecule has 2 aromatic carbocycles. The van der Waals surface area contributed by atoms with Crippen molar-refractivity contribution in [2.24, 2.45) is 0 Å². The molecule has 0 saturated carbocycles.